The number of hydrogen-bond donors (Lipinski definition) is 1. The first kappa shape index (κ1) is 18.6. The van der Waals surface area contributed by atoms with E-state index in [-0.39, 0.29) is 5.82 Å². The lowest BCUT2D eigenvalue weighted by Crippen LogP contribution is -2.15. The van der Waals surface area contributed by atoms with E-state index in [1.165, 1.54) is 0 Å². The van der Waals surface area contributed by atoms with Gasteiger partial charge in [0.25, 0.3) is 0 Å². The standard InChI is InChI=1S/C22H19B3N2O/c1-28-18-6-4-17(5-7-18)26-12-16(25)13-27-21-8-2-14(23)10-19(21)20-11-15(24)3-9-22(20)27/h2-11,16,26H,12-13H2,1H3. The Labute approximate surface area is 169 Å². The van der Waals surface area contributed by atoms with Crippen molar-refractivity contribution in [1.29, 1.82) is 0 Å². The van der Waals surface area contributed by atoms with Gasteiger partial charge in [-0.05, 0) is 42.2 Å². The van der Waals surface area contributed by atoms with Crippen LogP contribution in [-0.2, 0) is 6.54 Å². The highest BCUT2D eigenvalue weighted by molar-refractivity contribution is 6.35. The van der Waals surface area contributed by atoms with Crippen molar-refractivity contribution in [2.24, 2.45) is 0 Å². The van der Waals surface area contributed by atoms with Gasteiger partial charge in [0.15, 0.2) is 0 Å². The molecule has 6 radical (unpaired) electrons. The minimum Gasteiger partial charge on any atom is -0.497 e. The smallest absolute Gasteiger partial charge is 0.119 e. The van der Waals surface area contributed by atoms with E-state index in [2.05, 4.69) is 9.88 Å². The maximum atomic E-state index is 6.45. The lowest BCUT2D eigenvalue weighted by Gasteiger charge is -2.17. The summed E-state index contributed by atoms with van der Waals surface area (Å²) in [4.78, 5) is 0. The molecule has 0 spiro atoms. The predicted molar refractivity (Wildman–Crippen MR) is 121 cm³/mol. The lowest BCUT2D eigenvalue weighted by molar-refractivity contribution is 0.415. The van der Waals surface area contributed by atoms with Gasteiger partial charge in [-0.3, -0.25) is 0 Å². The lowest BCUT2D eigenvalue weighted by atomic mass is 9.87. The minimum absolute atomic E-state index is 0.0731. The van der Waals surface area contributed by atoms with Crippen LogP contribution in [0.25, 0.3) is 21.8 Å². The molecule has 1 N–H and O–H groups in total. The third kappa shape index (κ3) is 3.64. The molecular weight excluding hydrogens is 341 g/mol. The van der Waals surface area contributed by atoms with E-state index >= 15 is 0 Å². The Morgan fingerprint density at radius 1 is 0.893 bits per heavy atom. The second-order valence-corrected chi connectivity index (χ2v) is 7.03. The summed E-state index contributed by atoms with van der Waals surface area (Å²) >= 11 is 0. The van der Waals surface area contributed by atoms with Gasteiger partial charge in [-0.25, -0.2) is 0 Å². The zero-order chi connectivity index (χ0) is 19.7. The van der Waals surface area contributed by atoms with Gasteiger partial charge in [0.05, 0.1) is 15.0 Å². The molecule has 4 rings (SSSR count). The molecule has 0 aliphatic carbocycles. The van der Waals surface area contributed by atoms with Crippen molar-refractivity contribution in [3.8, 4) is 5.75 Å². The molecule has 6 heteroatoms. The van der Waals surface area contributed by atoms with Crippen LogP contribution in [0.2, 0.25) is 5.82 Å². The number of rotatable bonds is 6. The van der Waals surface area contributed by atoms with Crippen LogP contribution in [0.1, 0.15) is 0 Å². The van der Waals surface area contributed by atoms with Crippen LogP contribution in [0.5, 0.6) is 5.75 Å². The Hall–Kier alpha value is -2.75. The highest BCUT2D eigenvalue weighted by Crippen LogP contribution is 2.29. The van der Waals surface area contributed by atoms with Crippen molar-refractivity contribution < 1.29 is 4.74 Å². The third-order valence-electron chi connectivity index (χ3n) is 4.99. The number of fused-ring (bicyclic) bond motifs is 3. The van der Waals surface area contributed by atoms with E-state index < -0.39 is 0 Å². The molecule has 0 bridgehead atoms. The van der Waals surface area contributed by atoms with Gasteiger partial charge in [0.1, 0.15) is 21.4 Å². The summed E-state index contributed by atoms with van der Waals surface area (Å²) in [7, 11) is 20.1. The number of benzene rings is 3. The Morgan fingerprint density at radius 3 is 2.00 bits per heavy atom. The molecule has 28 heavy (non-hydrogen) atoms. The number of nitrogens with one attached hydrogen (secondary N) is 1. The van der Waals surface area contributed by atoms with Gasteiger partial charge < -0.3 is 14.6 Å². The maximum Gasteiger partial charge on any atom is 0.119 e. The van der Waals surface area contributed by atoms with Crippen LogP contribution < -0.4 is 21.0 Å². The monoisotopic (exact) mass is 360 g/mol. The Kier molecular flexibility index (Phi) is 5.12. The molecule has 4 aromatic rings. The van der Waals surface area contributed by atoms with E-state index in [9.17, 15) is 0 Å². The molecule has 3 aromatic carbocycles. The minimum atomic E-state index is -0.0731. The summed E-state index contributed by atoms with van der Waals surface area (Å²) in [6.45, 7) is 1.33. The van der Waals surface area contributed by atoms with E-state index in [0.717, 1.165) is 44.2 Å². The van der Waals surface area contributed by atoms with Gasteiger partial charge in [-0.15, -0.1) is 0 Å². The highest BCUT2D eigenvalue weighted by Gasteiger charge is 2.13. The number of methoxy groups -OCH3 is 1. The summed E-state index contributed by atoms with van der Waals surface area (Å²) in [5.74, 6) is 0.759. The summed E-state index contributed by atoms with van der Waals surface area (Å²) in [6, 6.07) is 19.7. The van der Waals surface area contributed by atoms with Crippen LogP contribution in [0.4, 0.5) is 5.69 Å². The normalized spacial score (nSPS) is 12.3. The second kappa shape index (κ2) is 7.71. The molecule has 3 nitrogen and oxygen atoms in total. The summed E-state index contributed by atoms with van der Waals surface area (Å²) in [5, 5.41) is 5.58. The molecule has 0 aliphatic heterocycles. The first-order valence-corrected chi connectivity index (χ1v) is 9.25. The number of anilines is 1. The number of nitrogens with zero attached hydrogens (tertiary/aromatic N) is 1. The van der Waals surface area contributed by atoms with Crippen molar-refractivity contribution in [2.75, 3.05) is 19.0 Å². The Balaban J connectivity index is 1.59. The fourth-order valence-corrected chi connectivity index (χ4v) is 3.59. The van der Waals surface area contributed by atoms with Gasteiger partial charge in [0.2, 0.25) is 0 Å². The zero-order valence-corrected chi connectivity index (χ0v) is 15.9. The van der Waals surface area contributed by atoms with Crippen LogP contribution in [0.15, 0.2) is 60.7 Å². The van der Waals surface area contributed by atoms with Crippen molar-refractivity contribution in [2.45, 2.75) is 12.4 Å². The van der Waals surface area contributed by atoms with Crippen LogP contribution >= 0.6 is 0 Å². The van der Waals surface area contributed by atoms with Crippen molar-refractivity contribution >= 4 is 62.0 Å². The molecule has 0 aliphatic rings. The summed E-state index contributed by atoms with van der Waals surface area (Å²) < 4.78 is 7.43. The number of ether oxygens (including phenoxy) is 1. The fourth-order valence-electron chi connectivity index (χ4n) is 3.59. The molecule has 1 heterocycles. The largest absolute Gasteiger partial charge is 0.497 e. The molecule has 132 valence electrons. The highest BCUT2D eigenvalue weighted by atomic mass is 16.5. The maximum absolute atomic E-state index is 6.45. The summed E-state index contributed by atoms with van der Waals surface area (Å²) in [5.41, 5.74) is 4.70. The van der Waals surface area contributed by atoms with E-state index in [1.807, 2.05) is 60.7 Å². The molecular formula is C22H19B3N2O. The first-order valence-electron chi connectivity index (χ1n) is 9.25. The van der Waals surface area contributed by atoms with Crippen LogP contribution in [-0.4, -0.2) is 41.8 Å². The van der Waals surface area contributed by atoms with E-state index in [1.54, 1.807) is 7.11 Å². The predicted octanol–water partition coefficient (Wildman–Crippen LogP) is 2.46. The molecule has 1 unspecified atom stereocenters. The fraction of sp³-hybridized carbons (Fsp3) is 0.182. The van der Waals surface area contributed by atoms with Crippen molar-refractivity contribution in [1.82, 2.24) is 4.57 Å². The summed E-state index contributed by atoms with van der Waals surface area (Å²) in [6.07, 6.45) is 0. The average molecular weight is 360 g/mol. The number of hydrogen-bond acceptors (Lipinski definition) is 2. The Bertz CT molecular complexity index is 1060. The second-order valence-electron chi connectivity index (χ2n) is 7.03. The molecule has 0 saturated heterocycles. The van der Waals surface area contributed by atoms with Gasteiger partial charge in [-0.2, -0.15) is 0 Å². The van der Waals surface area contributed by atoms with Gasteiger partial charge in [0, 0.05) is 40.6 Å². The van der Waals surface area contributed by atoms with Crippen molar-refractivity contribution in [3.63, 3.8) is 0 Å². The van der Waals surface area contributed by atoms with E-state index in [4.69, 9.17) is 28.3 Å². The van der Waals surface area contributed by atoms with Crippen molar-refractivity contribution in [3.05, 3.63) is 60.7 Å². The third-order valence-corrected chi connectivity index (χ3v) is 4.99. The molecule has 0 saturated carbocycles. The van der Waals surface area contributed by atoms with Crippen LogP contribution in [0, 0.1) is 0 Å². The van der Waals surface area contributed by atoms with Crippen LogP contribution in [0.3, 0.4) is 0 Å². The average Bonchev–Trinajstić information content (AvgIpc) is 2.99. The number of aromatic nitrogens is 1. The topological polar surface area (TPSA) is 26.2 Å². The molecule has 0 fully saturated rings. The zero-order valence-electron chi connectivity index (χ0n) is 15.9. The van der Waals surface area contributed by atoms with E-state index in [0.29, 0.717) is 13.1 Å². The Morgan fingerprint density at radius 2 is 1.46 bits per heavy atom. The SMILES string of the molecule is [B]c1ccc2c(c1)c1cc([B])ccc1n2CC([B])CNc1ccc(OC)cc1. The van der Waals surface area contributed by atoms with Gasteiger partial charge in [-0.1, -0.05) is 35.2 Å². The first-order chi connectivity index (χ1) is 13.5. The molecule has 0 amide bonds. The van der Waals surface area contributed by atoms with Gasteiger partial charge >= 0.3 is 0 Å². The quantitative estimate of drug-likeness (QED) is 0.535. The molecule has 1 aromatic heterocycles. The molecule has 1 atom stereocenters.